The van der Waals surface area contributed by atoms with Crippen LogP contribution in [0.4, 0.5) is 0 Å². The predicted molar refractivity (Wildman–Crippen MR) is 71.4 cm³/mol. The highest BCUT2D eigenvalue weighted by molar-refractivity contribution is 5.78. The van der Waals surface area contributed by atoms with Crippen LogP contribution in [0.25, 0.3) is 0 Å². The molecule has 3 heteroatoms. The molecule has 98 valence electrons. The first-order valence-corrected chi connectivity index (χ1v) is 6.55. The quantitative estimate of drug-likeness (QED) is 0.879. The van der Waals surface area contributed by atoms with Crippen LogP contribution in [0.15, 0.2) is 18.2 Å². The molecule has 1 aliphatic heterocycles. The first-order chi connectivity index (χ1) is 8.60. The highest BCUT2D eigenvalue weighted by atomic mass is 16.3. The molecule has 1 heterocycles. The summed E-state index contributed by atoms with van der Waals surface area (Å²) in [7, 11) is 0. The van der Waals surface area contributed by atoms with E-state index in [2.05, 4.69) is 32.0 Å². The number of carbonyl (C=O) groups excluding carboxylic acids is 1. The summed E-state index contributed by atoms with van der Waals surface area (Å²) >= 11 is 0. The Balaban J connectivity index is 1.94. The van der Waals surface area contributed by atoms with E-state index in [0.29, 0.717) is 13.0 Å². The van der Waals surface area contributed by atoms with Crippen LogP contribution in [0.2, 0.25) is 0 Å². The van der Waals surface area contributed by atoms with E-state index in [1.165, 1.54) is 16.7 Å². The summed E-state index contributed by atoms with van der Waals surface area (Å²) in [6.45, 7) is 5.79. The molecular formula is C15H21NO2. The van der Waals surface area contributed by atoms with Crippen molar-refractivity contribution in [1.82, 2.24) is 4.90 Å². The summed E-state index contributed by atoms with van der Waals surface area (Å²) in [4.78, 5) is 13.6. The third kappa shape index (κ3) is 2.91. The first-order valence-electron chi connectivity index (χ1n) is 6.55. The molecule has 1 N–H and O–H groups in total. The van der Waals surface area contributed by atoms with Gasteiger partial charge < -0.3 is 10.0 Å². The number of aliphatic hydroxyl groups excluding tert-OH is 1. The van der Waals surface area contributed by atoms with E-state index >= 15 is 0 Å². The molecule has 1 aliphatic rings. The Bertz CT molecular complexity index is 442. The van der Waals surface area contributed by atoms with Crippen molar-refractivity contribution >= 4 is 5.91 Å². The number of hydrogen-bond donors (Lipinski definition) is 1. The van der Waals surface area contributed by atoms with E-state index in [-0.39, 0.29) is 18.4 Å². The number of nitrogens with zero attached hydrogens (tertiary/aromatic N) is 1. The van der Waals surface area contributed by atoms with E-state index < -0.39 is 0 Å². The maximum atomic E-state index is 11.7. The van der Waals surface area contributed by atoms with Gasteiger partial charge in [0, 0.05) is 32.0 Å². The zero-order valence-corrected chi connectivity index (χ0v) is 11.1. The van der Waals surface area contributed by atoms with E-state index in [0.717, 1.165) is 13.0 Å². The lowest BCUT2D eigenvalue weighted by Gasteiger charge is -2.17. The normalized spacial score (nSPS) is 19.6. The van der Waals surface area contributed by atoms with Crippen molar-refractivity contribution in [3.63, 3.8) is 0 Å². The van der Waals surface area contributed by atoms with Gasteiger partial charge in [-0.2, -0.15) is 0 Å². The summed E-state index contributed by atoms with van der Waals surface area (Å²) in [6.07, 6.45) is 1.40. The summed E-state index contributed by atoms with van der Waals surface area (Å²) in [5.41, 5.74) is 3.87. The number of aliphatic hydroxyl groups is 1. The Kier molecular flexibility index (Phi) is 4.02. The Hall–Kier alpha value is -1.35. The second-order valence-corrected chi connectivity index (χ2v) is 5.27. The molecule has 1 atom stereocenters. The van der Waals surface area contributed by atoms with Crippen LogP contribution in [-0.2, 0) is 11.2 Å². The van der Waals surface area contributed by atoms with Gasteiger partial charge in [-0.25, -0.2) is 0 Å². The Labute approximate surface area is 108 Å². The number of carbonyl (C=O) groups is 1. The molecule has 18 heavy (non-hydrogen) atoms. The van der Waals surface area contributed by atoms with Crippen LogP contribution in [0, 0.1) is 19.8 Å². The van der Waals surface area contributed by atoms with Gasteiger partial charge in [0.1, 0.15) is 0 Å². The number of rotatable bonds is 4. The lowest BCUT2D eigenvalue weighted by molar-refractivity contribution is -0.127. The van der Waals surface area contributed by atoms with Gasteiger partial charge in [-0.05, 0) is 31.4 Å². The van der Waals surface area contributed by atoms with Crippen molar-refractivity contribution in [2.24, 2.45) is 5.92 Å². The van der Waals surface area contributed by atoms with Gasteiger partial charge in [0.25, 0.3) is 0 Å². The number of hydrogen-bond acceptors (Lipinski definition) is 2. The van der Waals surface area contributed by atoms with Gasteiger partial charge in [-0.3, -0.25) is 4.79 Å². The predicted octanol–water partition coefficient (Wildman–Crippen LogP) is 1.69. The van der Waals surface area contributed by atoms with Gasteiger partial charge in [-0.1, -0.05) is 23.8 Å². The molecule has 1 saturated heterocycles. The van der Waals surface area contributed by atoms with Crippen LogP contribution >= 0.6 is 0 Å². The van der Waals surface area contributed by atoms with Crippen molar-refractivity contribution in [1.29, 1.82) is 0 Å². The van der Waals surface area contributed by atoms with Crippen molar-refractivity contribution in [2.75, 3.05) is 19.7 Å². The first kappa shape index (κ1) is 13.1. The standard InChI is InChI=1S/C15H21NO2/c1-11-3-4-14(12(2)7-11)5-6-16-9-13(10-17)8-15(16)18/h3-4,7,13,17H,5-6,8-10H2,1-2H3. The Morgan fingerprint density at radius 1 is 1.39 bits per heavy atom. The molecule has 1 amide bonds. The van der Waals surface area contributed by atoms with Crippen LogP contribution in [0.3, 0.4) is 0 Å². The molecule has 0 saturated carbocycles. The molecule has 0 aliphatic carbocycles. The highest BCUT2D eigenvalue weighted by Crippen LogP contribution is 2.18. The van der Waals surface area contributed by atoms with Gasteiger partial charge in [0.15, 0.2) is 0 Å². The minimum Gasteiger partial charge on any atom is -0.396 e. The zero-order valence-electron chi connectivity index (χ0n) is 11.1. The number of likely N-dealkylation sites (tertiary alicyclic amines) is 1. The lowest BCUT2D eigenvalue weighted by atomic mass is 10.0. The smallest absolute Gasteiger partial charge is 0.223 e. The minimum atomic E-state index is 0.117. The molecule has 1 aromatic rings. The molecule has 1 aromatic carbocycles. The molecule has 3 nitrogen and oxygen atoms in total. The molecule has 0 radical (unpaired) electrons. The van der Waals surface area contributed by atoms with E-state index in [1.54, 1.807) is 0 Å². The topological polar surface area (TPSA) is 40.5 Å². The Morgan fingerprint density at radius 3 is 2.78 bits per heavy atom. The third-order valence-electron chi connectivity index (χ3n) is 3.70. The molecule has 1 unspecified atom stereocenters. The SMILES string of the molecule is Cc1ccc(CCN2CC(CO)CC2=O)c(C)c1. The maximum absolute atomic E-state index is 11.7. The molecule has 1 fully saturated rings. The van der Waals surface area contributed by atoms with Crippen LogP contribution in [0.1, 0.15) is 23.1 Å². The van der Waals surface area contributed by atoms with Crippen molar-refractivity contribution in [2.45, 2.75) is 26.7 Å². The van der Waals surface area contributed by atoms with Crippen molar-refractivity contribution in [3.8, 4) is 0 Å². The van der Waals surface area contributed by atoms with E-state index in [1.807, 2.05) is 4.90 Å². The summed E-state index contributed by atoms with van der Waals surface area (Å²) in [5.74, 6) is 0.315. The van der Waals surface area contributed by atoms with Crippen LogP contribution in [0.5, 0.6) is 0 Å². The van der Waals surface area contributed by atoms with Crippen LogP contribution in [-0.4, -0.2) is 35.6 Å². The lowest BCUT2D eigenvalue weighted by Crippen LogP contribution is -2.28. The fourth-order valence-corrected chi connectivity index (χ4v) is 2.57. The molecular weight excluding hydrogens is 226 g/mol. The second-order valence-electron chi connectivity index (χ2n) is 5.27. The van der Waals surface area contributed by atoms with E-state index in [9.17, 15) is 4.79 Å². The highest BCUT2D eigenvalue weighted by Gasteiger charge is 2.28. The minimum absolute atomic E-state index is 0.117. The monoisotopic (exact) mass is 247 g/mol. The van der Waals surface area contributed by atoms with Gasteiger partial charge >= 0.3 is 0 Å². The van der Waals surface area contributed by atoms with Gasteiger partial charge in [-0.15, -0.1) is 0 Å². The largest absolute Gasteiger partial charge is 0.396 e. The fourth-order valence-electron chi connectivity index (χ4n) is 2.57. The second kappa shape index (κ2) is 5.53. The average molecular weight is 247 g/mol. The zero-order chi connectivity index (χ0) is 13.1. The number of benzene rings is 1. The summed E-state index contributed by atoms with van der Waals surface area (Å²) < 4.78 is 0. The van der Waals surface area contributed by atoms with Crippen molar-refractivity contribution in [3.05, 3.63) is 34.9 Å². The summed E-state index contributed by atoms with van der Waals surface area (Å²) in [5, 5.41) is 9.08. The third-order valence-corrected chi connectivity index (χ3v) is 3.70. The van der Waals surface area contributed by atoms with Gasteiger partial charge in [0.2, 0.25) is 5.91 Å². The summed E-state index contributed by atoms with van der Waals surface area (Å²) in [6, 6.07) is 6.44. The van der Waals surface area contributed by atoms with E-state index in [4.69, 9.17) is 5.11 Å². The fraction of sp³-hybridized carbons (Fsp3) is 0.533. The maximum Gasteiger partial charge on any atom is 0.223 e. The molecule has 0 spiro atoms. The van der Waals surface area contributed by atoms with Crippen molar-refractivity contribution < 1.29 is 9.90 Å². The molecule has 0 aromatic heterocycles. The van der Waals surface area contributed by atoms with Crippen LogP contribution < -0.4 is 0 Å². The number of aryl methyl sites for hydroxylation is 2. The molecule has 2 rings (SSSR count). The Morgan fingerprint density at radius 2 is 2.17 bits per heavy atom. The molecule has 0 bridgehead atoms. The van der Waals surface area contributed by atoms with Gasteiger partial charge in [0.05, 0.1) is 0 Å². The number of amides is 1. The average Bonchev–Trinajstić information content (AvgIpc) is 2.69.